The average molecular weight is 322 g/mol. The molecule has 1 saturated heterocycles. The first kappa shape index (κ1) is 17.8. The van der Waals surface area contributed by atoms with Gasteiger partial charge in [-0.05, 0) is 25.2 Å². The number of carbonyl (C=O) groups excluding carboxylic acids is 2. The van der Waals surface area contributed by atoms with Gasteiger partial charge in [-0.25, -0.2) is 4.79 Å². The molecule has 2 fully saturated rings. The predicted octanol–water partition coefficient (Wildman–Crippen LogP) is 3.25. The van der Waals surface area contributed by atoms with Gasteiger partial charge in [-0.1, -0.05) is 44.8 Å². The van der Waals surface area contributed by atoms with Crippen LogP contribution >= 0.6 is 0 Å². The topological polar surface area (TPSA) is 58.6 Å². The lowest BCUT2D eigenvalue weighted by molar-refractivity contribution is -0.122. The SMILES string of the molecule is C=CCOC(=O)N1CCC(NC(=O)CCC2CCCCC2)CC1. The van der Waals surface area contributed by atoms with E-state index in [1.807, 2.05) is 0 Å². The van der Waals surface area contributed by atoms with Crippen molar-refractivity contribution in [1.29, 1.82) is 0 Å². The first-order chi connectivity index (χ1) is 11.2. The van der Waals surface area contributed by atoms with Gasteiger partial charge in [0.2, 0.25) is 5.91 Å². The first-order valence-electron chi connectivity index (χ1n) is 9.01. The second-order valence-electron chi connectivity index (χ2n) is 6.74. The number of nitrogens with zero attached hydrogens (tertiary/aromatic N) is 1. The molecule has 1 aliphatic heterocycles. The Labute approximate surface area is 139 Å². The first-order valence-corrected chi connectivity index (χ1v) is 9.01. The third-order valence-corrected chi connectivity index (χ3v) is 4.95. The number of carbonyl (C=O) groups is 2. The zero-order valence-corrected chi connectivity index (χ0v) is 14.1. The van der Waals surface area contributed by atoms with Crippen LogP contribution in [0.15, 0.2) is 12.7 Å². The number of hydrogen-bond donors (Lipinski definition) is 1. The fraction of sp³-hybridized carbons (Fsp3) is 0.778. The van der Waals surface area contributed by atoms with E-state index in [-0.39, 0.29) is 24.6 Å². The van der Waals surface area contributed by atoms with Crippen LogP contribution in [0.5, 0.6) is 0 Å². The van der Waals surface area contributed by atoms with Crippen LogP contribution in [0.25, 0.3) is 0 Å². The number of hydrogen-bond acceptors (Lipinski definition) is 3. The molecular formula is C18H30N2O3. The molecule has 1 N–H and O–H groups in total. The molecule has 2 aliphatic rings. The van der Waals surface area contributed by atoms with Crippen molar-refractivity contribution in [2.45, 2.75) is 63.8 Å². The highest BCUT2D eigenvalue weighted by atomic mass is 16.6. The highest BCUT2D eigenvalue weighted by molar-refractivity contribution is 5.76. The van der Waals surface area contributed by atoms with Gasteiger partial charge in [0, 0.05) is 25.6 Å². The van der Waals surface area contributed by atoms with E-state index in [4.69, 9.17) is 4.74 Å². The molecule has 5 heteroatoms. The maximum atomic E-state index is 12.1. The summed E-state index contributed by atoms with van der Waals surface area (Å²) >= 11 is 0. The van der Waals surface area contributed by atoms with Gasteiger partial charge in [0.25, 0.3) is 0 Å². The summed E-state index contributed by atoms with van der Waals surface area (Å²) in [7, 11) is 0. The van der Waals surface area contributed by atoms with Gasteiger partial charge < -0.3 is 15.0 Å². The van der Waals surface area contributed by atoms with E-state index in [0.29, 0.717) is 19.5 Å². The van der Waals surface area contributed by atoms with E-state index >= 15 is 0 Å². The molecular weight excluding hydrogens is 292 g/mol. The van der Waals surface area contributed by atoms with Gasteiger partial charge in [-0.2, -0.15) is 0 Å². The molecule has 5 nitrogen and oxygen atoms in total. The number of amides is 2. The lowest BCUT2D eigenvalue weighted by atomic mass is 9.86. The van der Waals surface area contributed by atoms with Gasteiger partial charge in [-0.15, -0.1) is 0 Å². The summed E-state index contributed by atoms with van der Waals surface area (Å²) in [5.74, 6) is 0.916. The minimum absolute atomic E-state index is 0.170. The fourth-order valence-electron chi connectivity index (χ4n) is 3.54. The number of nitrogens with one attached hydrogen (secondary N) is 1. The Bertz CT molecular complexity index is 397. The molecule has 1 saturated carbocycles. The zero-order valence-electron chi connectivity index (χ0n) is 14.1. The van der Waals surface area contributed by atoms with Crippen LogP contribution in [0.4, 0.5) is 4.79 Å². The van der Waals surface area contributed by atoms with E-state index in [1.54, 1.807) is 11.0 Å². The molecule has 2 amide bonds. The second-order valence-corrected chi connectivity index (χ2v) is 6.74. The Morgan fingerprint density at radius 3 is 2.48 bits per heavy atom. The molecule has 23 heavy (non-hydrogen) atoms. The molecule has 0 spiro atoms. The van der Waals surface area contributed by atoms with E-state index in [1.165, 1.54) is 32.1 Å². The summed E-state index contributed by atoms with van der Waals surface area (Å²) in [4.78, 5) is 25.5. The highest BCUT2D eigenvalue weighted by Crippen LogP contribution is 2.27. The number of piperidine rings is 1. The molecule has 0 radical (unpaired) electrons. The van der Waals surface area contributed by atoms with Crippen molar-refractivity contribution >= 4 is 12.0 Å². The van der Waals surface area contributed by atoms with Crippen molar-refractivity contribution in [2.75, 3.05) is 19.7 Å². The van der Waals surface area contributed by atoms with Crippen LogP contribution < -0.4 is 5.32 Å². The Morgan fingerprint density at radius 1 is 1.13 bits per heavy atom. The fourth-order valence-corrected chi connectivity index (χ4v) is 3.54. The maximum absolute atomic E-state index is 12.1. The molecule has 0 bridgehead atoms. The average Bonchev–Trinajstić information content (AvgIpc) is 2.59. The third kappa shape index (κ3) is 6.24. The van der Waals surface area contributed by atoms with Gasteiger partial charge in [0.05, 0.1) is 0 Å². The van der Waals surface area contributed by atoms with Gasteiger partial charge in [0.1, 0.15) is 6.61 Å². The quantitative estimate of drug-likeness (QED) is 0.764. The van der Waals surface area contributed by atoms with Gasteiger partial charge >= 0.3 is 6.09 Å². The van der Waals surface area contributed by atoms with Crippen molar-refractivity contribution in [3.8, 4) is 0 Å². The van der Waals surface area contributed by atoms with Crippen LogP contribution in [0.2, 0.25) is 0 Å². The molecule has 1 heterocycles. The molecule has 130 valence electrons. The summed E-state index contributed by atoms with van der Waals surface area (Å²) in [6, 6.07) is 0.192. The molecule has 0 aromatic carbocycles. The summed E-state index contributed by atoms with van der Waals surface area (Å²) < 4.78 is 5.03. The Balaban J connectivity index is 1.60. The Morgan fingerprint density at radius 2 is 1.83 bits per heavy atom. The van der Waals surface area contributed by atoms with E-state index in [9.17, 15) is 9.59 Å². The normalized spacial score (nSPS) is 20.1. The number of ether oxygens (including phenoxy) is 1. The van der Waals surface area contributed by atoms with Crippen LogP contribution in [0.3, 0.4) is 0 Å². The molecule has 0 unspecified atom stereocenters. The van der Waals surface area contributed by atoms with Crippen molar-refractivity contribution in [1.82, 2.24) is 10.2 Å². The standard InChI is InChI=1S/C18H30N2O3/c1-2-14-23-18(22)20-12-10-16(11-13-20)19-17(21)9-8-15-6-4-3-5-7-15/h2,15-16H,1,3-14H2,(H,19,21). The molecule has 0 aromatic rings. The Kier molecular flexibility index (Phi) is 7.43. The van der Waals surface area contributed by atoms with Crippen molar-refractivity contribution in [3.05, 3.63) is 12.7 Å². The summed E-state index contributed by atoms with van der Waals surface area (Å²) in [5.41, 5.74) is 0. The summed E-state index contributed by atoms with van der Waals surface area (Å²) in [5, 5.41) is 3.13. The van der Waals surface area contributed by atoms with E-state index in [2.05, 4.69) is 11.9 Å². The largest absolute Gasteiger partial charge is 0.445 e. The second kappa shape index (κ2) is 9.58. The number of likely N-dealkylation sites (tertiary alicyclic amines) is 1. The minimum atomic E-state index is -0.285. The lowest BCUT2D eigenvalue weighted by Gasteiger charge is -2.31. The van der Waals surface area contributed by atoms with Crippen molar-refractivity contribution < 1.29 is 14.3 Å². The van der Waals surface area contributed by atoms with Crippen molar-refractivity contribution in [2.24, 2.45) is 5.92 Å². The van der Waals surface area contributed by atoms with Gasteiger partial charge in [0.15, 0.2) is 0 Å². The maximum Gasteiger partial charge on any atom is 0.410 e. The lowest BCUT2D eigenvalue weighted by Crippen LogP contribution is -2.46. The predicted molar refractivity (Wildman–Crippen MR) is 90.1 cm³/mol. The van der Waals surface area contributed by atoms with Crippen LogP contribution in [-0.4, -0.2) is 42.6 Å². The highest BCUT2D eigenvalue weighted by Gasteiger charge is 2.24. The third-order valence-electron chi connectivity index (χ3n) is 4.95. The van der Waals surface area contributed by atoms with Crippen LogP contribution in [0.1, 0.15) is 57.8 Å². The van der Waals surface area contributed by atoms with Crippen LogP contribution in [-0.2, 0) is 9.53 Å². The molecule has 1 aliphatic carbocycles. The Hall–Kier alpha value is -1.52. The van der Waals surface area contributed by atoms with Crippen molar-refractivity contribution in [3.63, 3.8) is 0 Å². The number of rotatable bonds is 6. The monoisotopic (exact) mass is 322 g/mol. The van der Waals surface area contributed by atoms with E-state index in [0.717, 1.165) is 25.2 Å². The summed E-state index contributed by atoms with van der Waals surface area (Å²) in [6.07, 6.45) is 11.2. The van der Waals surface area contributed by atoms with Crippen LogP contribution in [0, 0.1) is 5.92 Å². The minimum Gasteiger partial charge on any atom is -0.445 e. The van der Waals surface area contributed by atoms with Gasteiger partial charge in [-0.3, -0.25) is 4.79 Å². The molecule has 0 aromatic heterocycles. The zero-order chi connectivity index (χ0) is 16.5. The summed E-state index contributed by atoms with van der Waals surface area (Å²) in [6.45, 7) is 5.06. The molecule has 2 rings (SSSR count). The smallest absolute Gasteiger partial charge is 0.410 e. The van der Waals surface area contributed by atoms with E-state index < -0.39 is 0 Å². The molecule has 0 atom stereocenters.